The predicted molar refractivity (Wildman–Crippen MR) is 117 cm³/mol. The van der Waals surface area contributed by atoms with Gasteiger partial charge >= 0.3 is 0 Å². The van der Waals surface area contributed by atoms with Gasteiger partial charge in [-0.15, -0.1) is 0 Å². The number of anilines is 1. The fraction of sp³-hybridized carbons (Fsp3) is 0.667. The summed E-state index contributed by atoms with van der Waals surface area (Å²) < 4.78 is 1.83. The van der Waals surface area contributed by atoms with E-state index in [0.29, 0.717) is 6.54 Å². The number of likely N-dealkylation sites (tertiary alicyclic amines) is 1. The third kappa shape index (κ3) is 3.89. The van der Waals surface area contributed by atoms with E-state index < -0.39 is 6.04 Å². The molecule has 9 heteroatoms. The van der Waals surface area contributed by atoms with Crippen LogP contribution in [0.4, 0.5) is 5.82 Å². The molecule has 0 aromatic carbocycles. The molecule has 4 heterocycles. The van der Waals surface area contributed by atoms with Crippen molar-refractivity contribution in [1.29, 1.82) is 0 Å². The maximum atomic E-state index is 13.1. The van der Waals surface area contributed by atoms with Crippen molar-refractivity contribution in [3.8, 4) is 0 Å². The molecule has 1 amide bonds. The van der Waals surface area contributed by atoms with Gasteiger partial charge in [0.1, 0.15) is 5.82 Å². The zero-order valence-corrected chi connectivity index (χ0v) is 18.2. The van der Waals surface area contributed by atoms with E-state index in [-0.39, 0.29) is 24.0 Å². The molecule has 9 nitrogen and oxygen atoms in total. The molecule has 4 rings (SSSR count). The molecule has 0 spiro atoms. The third-order valence-corrected chi connectivity index (χ3v) is 6.55. The molecule has 5 N–H and O–H groups in total. The number of nitrogens with one attached hydrogen (secondary N) is 1. The molecule has 30 heavy (non-hydrogen) atoms. The summed E-state index contributed by atoms with van der Waals surface area (Å²) in [6.07, 6.45) is 5.97. The van der Waals surface area contributed by atoms with Crippen LogP contribution < -0.4 is 21.7 Å². The van der Waals surface area contributed by atoms with Crippen molar-refractivity contribution in [1.82, 2.24) is 24.8 Å². The van der Waals surface area contributed by atoms with Crippen LogP contribution in [0.15, 0.2) is 12.3 Å². The lowest BCUT2D eigenvalue weighted by Crippen LogP contribution is -2.54. The second-order valence-electron chi connectivity index (χ2n) is 8.76. The van der Waals surface area contributed by atoms with Crippen molar-refractivity contribution in [2.24, 2.45) is 11.5 Å². The van der Waals surface area contributed by atoms with Gasteiger partial charge in [-0.25, -0.2) is 9.50 Å². The summed E-state index contributed by atoms with van der Waals surface area (Å²) in [5.74, 6) is 0.956. The van der Waals surface area contributed by atoms with Crippen molar-refractivity contribution in [2.45, 2.75) is 63.7 Å². The van der Waals surface area contributed by atoms with Gasteiger partial charge < -0.3 is 26.6 Å². The minimum absolute atomic E-state index is 0.0190. The monoisotopic (exact) mass is 414 g/mol. The number of hydrogen-bond acceptors (Lipinski definition) is 7. The van der Waals surface area contributed by atoms with E-state index >= 15 is 0 Å². The van der Waals surface area contributed by atoms with Crippen LogP contribution in [0.2, 0.25) is 0 Å². The first-order chi connectivity index (χ1) is 14.4. The Hall–Kier alpha value is -2.23. The van der Waals surface area contributed by atoms with Gasteiger partial charge in [0.25, 0.3) is 0 Å². The summed E-state index contributed by atoms with van der Waals surface area (Å²) in [7, 11) is 1.83. The fourth-order valence-corrected chi connectivity index (χ4v) is 4.57. The Morgan fingerprint density at radius 2 is 2.10 bits per heavy atom. The SMILES string of the molecule is CNC(C)C(N)C(=O)N1CCCC[C@H]1c1cc2nc(N3CC[C@H](N)C3)c(C)cn2n1. The van der Waals surface area contributed by atoms with Gasteiger partial charge in [-0.3, -0.25) is 4.79 Å². The Balaban J connectivity index is 1.63. The Kier molecular flexibility index (Phi) is 5.95. The van der Waals surface area contributed by atoms with Crippen molar-refractivity contribution in [3.05, 3.63) is 23.5 Å². The molecule has 4 atom stereocenters. The number of hydrogen-bond donors (Lipinski definition) is 3. The van der Waals surface area contributed by atoms with Crippen molar-refractivity contribution in [2.75, 3.05) is 31.6 Å². The van der Waals surface area contributed by atoms with E-state index in [4.69, 9.17) is 21.5 Å². The lowest BCUT2D eigenvalue weighted by Gasteiger charge is -2.37. The molecule has 0 radical (unpaired) electrons. The highest BCUT2D eigenvalue weighted by Crippen LogP contribution is 2.32. The van der Waals surface area contributed by atoms with Gasteiger partial charge in [-0.05, 0) is 46.6 Å². The largest absolute Gasteiger partial charge is 0.355 e. The summed E-state index contributed by atoms with van der Waals surface area (Å²) in [6.45, 7) is 6.47. The number of fused-ring (bicyclic) bond motifs is 1. The number of piperidine rings is 1. The molecular formula is C21H34N8O. The van der Waals surface area contributed by atoms with Crippen molar-refractivity contribution >= 4 is 17.4 Å². The zero-order valence-electron chi connectivity index (χ0n) is 18.2. The van der Waals surface area contributed by atoms with Gasteiger partial charge in [0.2, 0.25) is 5.91 Å². The minimum Gasteiger partial charge on any atom is -0.355 e. The molecular weight excluding hydrogens is 380 g/mol. The van der Waals surface area contributed by atoms with Gasteiger partial charge in [0.05, 0.1) is 17.8 Å². The number of rotatable bonds is 5. The number of nitrogens with two attached hydrogens (primary N) is 2. The van der Waals surface area contributed by atoms with E-state index in [9.17, 15) is 4.79 Å². The molecule has 164 valence electrons. The van der Waals surface area contributed by atoms with Crippen LogP contribution >= 0.6 is 0 Å². The van der Waals surface area contributed by atoms with Gasteiger partial charge in [-0.1, -0.05) is 0 Å². The fourth-order valence-electron chi connectivity index (χ4n) is 4.57. The summed E-state index contributed by atoms with van der Waals surface area (Å²) in [5, 5.41) is 7.88. The average Bonchev–Trinajstić information content (AvgIpc) is 3.37. The summed E-state index contributed by atoms with van der Waals surface area (Å²) in [5.41, 5.74) is 15.1. The smallest absolute Gasteiger partial charge is 0.241 e. The summed E-state index contributed by atoms with van der Waals surface area (Å²) in [6, 6.07) is 1.50. The number of amides is 1. The second kappa shape index (κ2) is 8.49. The molecule has 0 bridgehead atoms. The van der Waals surface area contributed by atoms with Crippen LogP contribution in [-0.4, -0.2) is 70.2 Å². The third-order valence-electron chi connectivity index (χ3n) is 6.55. The molecule has 2 unspecified atom stereocenters. The van der Waals surface area contributed by atoms with Gasteiger partial charge in [0, 0.05) is 49.5 Å². The normalized spacial score (nSPS) is 24.4. The van der Waals surface area contributed by atoms with Crippen molar-refractivity contribution < 1.29 is 4.79 Å². The maximum absolute atomic E-state index is 13.1. The number of likely N-dealkylation sites (N-methyl/N-ethyl adjacent to an activating group) is 1. The molecule has 2 fully saturated rings. The lowest BCUT2D eigenvalue weighted by atomic mass is 9.97. The first-order valence-electron chi connectivity index (χ1n) is 11.0. The summed E-state index contributed by atoms with van der Waals surface area (Å²) in [4.78, 5) is 22.2. The maximum Gasteiger partial charge on any atom is 0.241 e. The Morgan fingerprint density at radius 3 is 2.80 bits per heavy atom. The second-order valence-corrected chi connectivity index (χ2v) is 8.76. The van der Waals surface area contributed by atoms with Gasteiger partial charge in [-0.2, -0.15) is 5.10 Å². The van der Waals surface area contributed by atoms with Crippen LogP contribution in [0.3, 0.4) is 0 Å². The molecule has 2 aliphatic rings. The Labute approximate surface area is 177 Å². The highest BCUT2D eigenvalue weighted by Gasteiger charge is 2.34. The molecule has 2 saturated heterocycles. The number of carbonyl (C=O) groups is 1. The first kappa shape index (κ1) is 21.0. The van der Waals surface area contributed by atoms with E-state index in [1.54, 1.807) is 0 Å². The highest BCUT2D eigenvalue weighted by atomic mass is 16.2. The average molecular weight is 415 g/mol. The first-order valence-corrected chi connectivity index (χ1v) is 11.0. The number of nitrogens with zero attached hydrogens (tertiary/aromatic N) is 5. The van der Waals surface area contributed by atoms with Crippen LogP contribution in [0, 0.1) is 6.92 Å². The molecule has 0 aliphatic carbocycles. The summed E-state index contributed by atoms with van der Waals surface area (Å²) >= 11 is 0. The van der Waals surface area contributed by atoms with Crippen LogP contribution in [0.5, 0.6) is 0 Å². The van der Waals surface area contributed by atoms with Gasteiger partial charge in [0.15, 0.2) is 5.65 Å². The quantitative estimate of drug-likeness (QED) is 0.654. The molecule has 2 aromatic heterocycles. The van der Waals surface area contributed by atoms with E-state index in [1.165, 1.54) is 0 Å². The molecule has 2 aromatic rings. The van der Waals surface area contributed by atoms with Crippen LogP contribution in [0.25, 0.3) is 5.65 Å². The van der Waals surface area contributed by atoms with E-state index in [2.05, 4.69) is 17.1 Å². The highest BCUT2D eigenvalue weighted by molar-refractivity contribution is 5.83. The van der Waals surface area contributed by atoms with Crippen LogP contribution in [-0.2, 0) is 4.79 Å². The number of carbonyl (C=O) groups excluding carboxylic acids is 1. The lowest BCUT2D eigenvalue weighted by molar-refractivity contribution is -0.137. The minimum atomic E-state index is -0.570. The van der Waals surface area contributed by atoms with Crippen molar-refractivity contribution in [3.63, 3.8) is 0 Å². The van der Waals surface area contributed by atoms with E-state index in [0.717, 1.165) is 61.5 Å². The predicted octanol–water partition coefficient (Wildman–Crippen LogP) is 0.564. The Bertz CT molecular complexity index is 912. The zero-order chi connectivity index (χ0) is 21.4. The molecule has 0 saturated carbocycles. The Morgan fingerprint density at radius 1 is 1.30 bits per heavy atom. The number of aryl methyl sites for hydroxylation is 1. The topological polar surface area (TPSA) is 118 Å². The standard InChI is InChI=1S/C21H34N8O/c1-13-11-29-18(25-20(13)27-9-7-15(22)12-27)10-16(26-29)17-6-4-5-8-28(17)21(30)19(23)14(2)24-3/h10-11,14-15,17,19,24H,4-9,12,22-23H2,1-3H3/t14?,15-,17-,19?/m0/s1. The van der Waals surface area contributed by atoms with Crippen LogP contribution in [0.1, 0.15) is 49.9 Å². The van der Waals surface area contributed by atoms with E-state index in [1.807, 2.05) is 35.6 Å². The molecule has 2 aliphatic heterocycles. The number of aromatic nitrogens is 3.